The molecule has 0 unspecified atom stereocenters. The van der Waals surface area contributed by atoms with Crippen molar-refractivity contribution in [1.29, 1.82) is 0 Å². The molecule has 108 valence electrons. The van der Waals surface area contributed by atoms with Crippen LogP contribution < -0.4 is 4.74 Å². The first kappa shape index (κ1) is 14.6. The second-order valence-electron chi connectivity index (χ2n) is 4.29. The van der Waals surface area contributed by atoms with E-state index >= 15 is 0 Å². The van der Waals surface area contributed by atoms with Crippen LogP contribution >= 0.6 is 0 Å². The van der Waals surface area contributed by atoms with Crippen LogP contribution in [0.4, 0.5) is 0 Å². The summed E-state index contributed by atoms with van der Waals surface area (Å²) in [6, 6.07) is 11.4. The number of methoxy groups -OCH3 is 2. The third-order valence-electron chi connectivity index (χ3n) is 3.07. The minimum atomic E-state index is -1.01. The number of carbonyl (C=O) groups excluding carboxylic acids is 1. The fourth-order valence-corrected chi connectivity index (χ4v) is 1.97. The number of carboxylic acid groups (broad SMARTS) is 1. The van der Waals surface area contributed by atoms with E-state index in [2.05, 4.69) is 4.74 Å². The van der Waals surface area contributed by atoms with Crippen molar-refractivity contribution in [3.05, 3.63) is 53.6 Å². The summed E-state index contributed by atoms with van der Waals surface area (Å²) in [5, 5.41) is 8.98. The lowest BCUT2D eigenvalue weighted by atomic mass is 10.0. The number of aromatic carboxylic acids is 1. The Labute approximate surface area is 121 Å². The molecule has 0 bridgehead atoms. The van der Waals surface area contributed by atoms with Gasteiger partial charge in [-0.1, -0.05) is 12.1 Å². The van der Waals surface area contributed by atoms with Gasteiger partial charge in [-0.25, -0.2) is 9.59 Å². The minimum Gasteiger partial charge on any atom is -0.496 e. The van der Waals surface area contributed by atoms with Gasteiger partial charge in [0.25, 0.3) is 0 Å². The number of ether oxygens (including phenoxy) is 2. The number of hydrogen-bond acceptors (Lipinski definition) is 4. The Kier molecular flexibility index (Phi) is 4.23. The smallest absolute Gasteiger partial charge is 0.337 e. The zero-order valence-electron chi connectivity index (χ0n) is 11.6. The van der Waals surface area contributed by atoms with Gasteiger partial charge in [0.2, 0.25) is 0 Å². The topological polar surface area (TPSA) is 72.8 Å². The van der Waals surface area contributed by atoms with Crippen molar-refractivity contribution < 1.29 is 24.2 Å². The highest BCUT2D eigenvalue weighted by molar-refractivity contribution is 5.91. The summed E-state index contributed by atoms with van der Waals surface area (Å²) in [5.74, 6) is -0.962. The third-order valence-corrected chi connectivity index (χ3v) is 3.07. The summed E-state index contributed by atoms with van der Waals surface area (Å²) in [7, 11) is 2.80. The largest absolute Gasteiger partial charge is 0.496 e. The molecule has 0 aliphatic carbocycles. The van der Waals surface area contributed by atoms with Crippen LogP contribution in [0, 0.1) is 0 Å². The molecule has 0 aliphatic heterocycles. The second kappa shape index (κ2) is 6.09. The highest BCUT2D eigenvalue weighted by Crippen LogP contribution is 2.31. The lowest BCUT2D eigenvalue weighted by Gasteiger charge is -2.10. The molecule has 0 fully saturated rings. The number of benzene rings is 2. The number of esters is 1. The minimum absolute atomic E-state index is 0.154. The molecule has 0 saturated carbocycles. The molecule has 2 rings (SSSR count). The van der Waals surface area contributed by atoms with Gasteiger partial charge >= 0.3 is 11.9 Å². The average molecular weight is 286 g/mol. The predicted molar refractivity (Wildman–Crippen MR) is 76.7 cm³/mol. The summed E-state index contributed by atoms with van der Waals surface area (Å²) in [6.07, 6.45) is 0. The predicted octanol–water partition coefficient (Wildman–Crippen LogP) is 2.85. The molecule has 0 spiro atoms. The van der Waals surface area contributed by atoms with Crippen LogP contribution in [0.3, 0.4) is 0 Å². The van der Waals surface area contributed by atoms with E-state index < -0.39 is 11.9 Å². The fraction of sp³-hybridized carbons (Fsp3) is 0.125. The van der Waals surface area contributed by atoms with E-state index in [1.165, 1.54) is 26.4 Å². The molecular weight excluding hydrogens is 272 g/mol. The molecule has 21 heavy (non-hydrogen) atoms. The van der Waals surface area contributed by atoms with Crippen molar-refractivity contribution in [2.24, 2.45) is 0 Å². The lowest BCUT2D eigenvalue weighted by Crippen LogP contribution is -2.01. The van der Waals surface area contributed by atoms with Crippen LogP contribution in [0.5, 0.6) is 5.75 Å². The lowest BCUT2D eigenvalue weighted by molar-refractivity contribution is 0.0600. The van der Waals surface area contributed by atoms with Gasteiger partial charge in [0, 0.05) is 5.56 Å². The van der Waals surface area contributed by atoms with E-state index in [4.69, 9.17) is 9.84 Å². The Morgan fingerprint density at radius 2 is 1.57 bits per heavy atom. The van der Waals surface area contributed by atoms with Crippen LogP contribution in [0.25, 0.3) is 11.1 Å². The standard InChI is InChI=1S/C16H14O5/c1-20-14-9-12(15(17)18)7-8-13(14)10-3-5-11(6-4-10)16(19)21-2/h3-9H,1-2H3,(H,17,18). The zero-order chi connectivity index (χ0) is 15.4. The number of carbonyl (C=O) groups is 2. The highest BCUT2D eigenvalue weighted by atomic mass is 16.5. The normalized spacial score (nSPS) is 10.0. The first-order valence-electron chi connectivity index (χ1n) is 6.17. The van der Waals surface area contributed by atoms with Gasteiger partial charge in [-0.05, 0) is 35.9 Å². The quantitative estimate of drug-likeness (QED) is 0.875. The zero-order valence-corrected chi connectivity index (χ0v) is 11.6. The molecule has 5 nitrogen and oxygen atoms in total. The Hall–Kier alpha value is -2.82. The Balaban J connectivity index is 2.41. The Morgan fingerprint density at radius 3 is 2.10 bits per heavy atom. The van der Waals surface area contributed by atoms with Gasteiger partial charge in [0.15, 0.2) is 0 Å². The van der Waals surface area contributed by atoms with Crippen LogP contribution in [-0.4, -0.2) is 31.3 Å². The van der Waals surface area contributed by atoms with Crippen LogP contribution in [0.1, 0.15) is 20.7 Å². The fourth-order valence-electron chi connectivity index (χ4n) is 1.97. The second-order valence-corrected chi connectivity index (χ2v) is 4.29. The molecule has 0 aliphatic rings. The first-order chi connectivity index (χ1) is 10.1. The van der Waals surface area contributed by atoms with Crippen LogP contribution in [-0.2, 0) is 4.74 Å². The Morgan fingerprint density at radius 1 is 0.952 bits per heavy atom. The molecule has 0 saturated heterocycles. The summed E-state index contributed by atoms with van der Waals surface area (Å²) >= 11 is 0. The van der Waals surface area contributed by atoms with Crippen LogP contribution in [0.2, 0.25) is 0 Å². The van der Waals surface area contributed by atoms with Crippen molar-refractivity contribution >= 4 is 11.9 Å². The van der Waals surface area contributed by atoms with Crippen molar-refractivity contribution in [2.75, 3.05) is 14.2 Å². The van der Waals surface area contributed by atoms with Crippen LogP contribution in [0.15, 0.2) is 42.5 Å². The Bertz CT molecular complexity index is 674. The van der Waals surface area contributed by atoms with Crippen molar-refractivity contribution in [2.45, 2.75) is 0 Å². The van der Waals surface area contributed by atoms with Gasteiger partial charge < -0.3 is 14.6 Å². The van der Waals surface area contributed by atoms with Gasteiger partial charge in [-0.3, -0.25) is 0 Å². The molecule has 0 atom stereocenters. The molecule has 0 amide bonds. The monoisotopic (exact) mass is 286 g/mol. The van der Waals surface area contributed by atoms with Gasteiger partial charge in [-0.2, -0.15) is 0 Å². The summed E-state index contributed by atoms with van der Waals surface area (Å²) in [6.45, 7) is 0. The average Bonchev–Trinajstić information content (AvgIpc) is 2.53. The number of hydrogen-bond donors (Lipinski definition) is 1. The molecule has 1 N–H and O–H groups in total. The highest BCUT2D eigenvalue weighted by Gasteiger charge is 2.11. The molecule has 0 heterocycles. The van der Waals surface area contributed by atoms with E-state index in [-0.39, 0.29) is 5.56 Å². The third kappa shape index (κ3) is 3.02. The first-order valence-corrected chi connectivity index (χ1v) is 6.17. The molecule has 2 aromatic rings. The van der Waals surface area contributed by atoms with Crippen molar-refractivity contribution in [1.82, 2.24) is 0 Å². The number of carboxylic acids is 1. The maximum atomic E-state index is 11.4. The van der Waals surface area contributed by atoms with Gasteiger partial charge in [0.1, 0.15) is 5.75 Å². The molecular formula is C16H14O5. The molecule has 0 radical (unpaired) electrons. The van der Waals surface area contributed by atoms with Crippen molar-refractivity contribution in [3.8, 4) is 16.9 Å². The van der Waals surface area contributed by atoms with E-state index in [0.717, 1.165) is 11.1 Å². The van der Waals surface area contributed by atoms with E-state index in [1.54, 1.807) is 30.3 Å². The maximum absolute atomic E-state index is 11.4. The SMILES string of the molecule is COC(=O)c1ccc(-c2ccc(C(=O)O)cc2OC)cc1. The maximum Gasteiger partial charge on any atom is 0.337 e. The van der Waals surface area contributed by atoms with Gasteiger partial charge in [-0.15, -0.1) is 0 Å². The number of rotatable bonds is 4. The van der Waals surface area contributed by atoms with E-state index in [9.17, 15) is 9.59 Å². The van der Waals surface area contributed by atoms with Gasteiger partial charge in [0.05, 0.1) is 25.3 Å². The summed E-state index contributed by atoms with van der Waals surface area (Å²) in [5.41, 5.74) is 2.17. The van der Waals surface area contributed by atoms with E-state index in [0.29, 0.717) is 11.3 Å². The molecule has 0 aromatic heterocycles. The van der Waals surface area contributed by atoms with Crippen molar-refractivity contribution in [3.63, 3.8) is 0 Å². The molecule has 5 heteroatoms. The molecule has 2 aromatic carbocycles. The van der Waals surface area contributed by atoms with E-state index in [1.807, 2.05) is 0 Å². The summed E-state index contributed by atoms with van der Waals surface area (Å²) in [4.78, 5) is 22.4. The summed E-state index contributed by atoms with van der Waals surface area (Å²) < 4.78 is 9.87.